The molecule has 2 aromatic carbocycles. The van der Waals surface area contributed by atoms with Crippen LogP contribution in [0, 0.1) is 17.0 Å². The molecule has 2 heterocycles. The van der Waals surface area contributed by atoms with Gasteiger partial charge in [0.05, 0.1) is 11.1 Å². The number of rotatable bonds is 5. The normalized spacial score (nSPS) is 11.3. The van der Waals surface area contributed by atoms with Crippen LogP contribution < -0.4 is 5.43 Å². The third-order valence-corrected chi connectivity index (χ3v) is 4.62. The van der Waals surface area contributed by atoms with Crippen molar-refractivity contribution in [3.05, 3.63) is 86.8 Å². The number of nitrogens with zero attached hydrogens (tertiary/aromatic N) is 2. The monoisotopic (exact) mass is 423 g/mol. The summed E-state index contributed by atoms with van der Waals surface area (Å²) in [6.45, 7) is 1.95. The minimum Gasteiger partial charge on any atom is -0.455 e. The summed E-state index contributed by atoms with van der Waals surface area (Å²) in [5.74, 6) is 0.450. The number of nitrogens with one attached hydrogen (secondary N) is 1. The first kappa shape index (κ1) is 19.4. The van der Waals surface area contributed by atoms with E-state index < -0.39 is 10.8 Å². The van der Waals surface area contributed by atoms with Crippen molar-refractivity contribution in [3.8, 4) is 11.3 Å². The predicted octanol–water partition coefficient (Wildman–Crippen LogP) is 5.33. The van der Waals surface area contributed by atoms with Gasteiger partial charge in [-0.25, -0.2) is 5.43 Å². The molecule has 1 N–H and O–H groups in total. The van der Waals surface area contributed by atoms with Crippen molar-refractivity contribution >= 4 is 40.4 Å². The smallest absolute Gasteiger partial charge is 0.307 e. The zero-order valence-electron chi connectivity index (χ0n) is 15.6. The van der Waals surface area contributed by atoms with E-state index in [4.69, 9.17) is 20.4 Å². The summed E-state index contributed by atoms with van der Waals surface area (Å²) >= 11 is 6.05. The standard InChI is InChI=1S/C21H14ClN3O5/c1-12-2-3-14(22)10-17(12)19-7-5-16(29-19)11-23-24-21(26)20-9-13-8-15(25(27)28)4-6-18(13)30-20/h2-11H,1H3,(H,24,26)/b23-11-. The van der Waals surface area contributed by atoms with Crippen LogP contribution in [0.25, 0.3) is 22.3 Å². The number of hydrogen-bond acceptors (Lipinski definition) is 6. The van der Waals surface area contributed by atoms with Crippen LogP contribution in [-0.4, -0.2) is 17.0 Å². The Morgan fingerprint density at radius 1 is 1.13 bits per heavy atom. The van der Waals surface area contributed by atoms with Gasteiger partial charge in [0.15, 0.2) is 5.76 Å². The van der Waals surface area contributed by atoms with Gasteiger partial charge >= 0.3 is 5.91 Å². The Hall–Kier alpha value is -3.91. The second-order valence-corrected chi connectivity index (χ2v) is 6.89. The number of carbonyl (C=O) groups excluding carboxylic acids is 1. The highest BCUT2D eigenvalue weighted by Gasteiger charge is 2.14. The molecule has 0 aliphatic rings. The van der Waals surface area contributed by atoms with Gasteiger partial charge in [-0.15, -0.1) is 0 Å². The lowest BCUT2D eigenvalue weighted by molar-refractivity contribution is -0.384. The van der Waals surface area contributed by atoms with Gasteiger partial charge < -0.3 is 8.83 Å². The number of nitro groups is 1. The second-order valence-electron chi connectivity index (χ2n) is 6.45. The summed E-state index contributed by atoms with van der Waals surface area (Å²) in [5.41, 5.74) is 4.49. The molecule has 0 aliphatic heterocycles. The van der Waals surface area contributed by atoms with Crippen LogP contribution in [0.15, 0.2) is 68.5 Å². The summed E-state index contributed by atoms with van der Waals surface area (Å²) in [5, 5.41) is 15.8. The van der Waals surface area contributed by atoms with Gasteiger partial charge in [0.25, 0.3) is 5.69 Å². The molecule has 4 aromatic rings. The largest absolute Gasteiger partial charge is 0.455 e. The van der Waals surface area contributed by atoms with Gasteiger partial charge in [-0.2, -0.15) is 5.10 Å². The predicted molar refractivity (Wildman–Crippen MR) is 112 cm³/mol. The molecule has 9 heteroatoms. The SMILES string of the molecule is Cc1ccc(Cl)cc1-c1ccc(/C=N\NC(=O)c2cc3cc([N+](=O)[O-])ccc3o2)o1. The van der Waals surface area contributed by atoms with Gasteiger partial charge in [0.2, 0.25) is 0 Å². The number of nitro benzene ring substituents is 1. The summed E-state index contributed by atoms with van der Waals surface area (Å²) in [7, 11) is 0. The minimum atomic E-state index is -0.595. The van der Waals surface area contributed by atoms with Crippen LogP contribution in [0.1, 0.15) is 21.9 Å². The van der Waals surface area contributed by atoms with E-state index >= 15 is 0 Å². The number of amides is 1. The summed E-state index contributed by atoms with van der Waals surface area (Å²) in [4.78, 5) is 22.6. The molecule has 0 radical (unpaired) electrons. The molecule has 0 fully saturated rings. The number of halogens is 1. The van der Waals surface area contributed by atoms with E-state index in [1.807, 2.05) is 19.1 Å². The number of carbonyl (C=O) groups is 1. The van der Waals surface area contributed by atoms with Gasteiger partial charge in [0.1, 0.15) is 17.1 Å². The first-order chi connectivity index (χ1) is 14.4. The molecule has 150 valence electrons. The molecule has 0 bridgehead atoms. The zero-order valence-corrected chi connectivity index (χ0v) is 16.3. The maximum atomic E-state index is 12.2. The van der Waals surface area contributed by atoms with Crippen LogP contribution in [0.4, 0.5) is 5.69 Å². The molecule has 0 saturated carbocycles. The first-order valence-corrected chi connectivity index (χ1v) is 9.16. The molecule has 30 heavy (non-hydrogen) atoms. The van der Waals surface area contributed by atoms with Crippen molar-refractivity contribution in [3.63, 3.8) is 0 Å². The Balaban J connectivity index is 1.46. The molecule has 8 nitrogen and oxygen atoms in total. The Bertz CT molecular complexity index is 1310. The van der Waals surface area contributed by atoms with E-state index in [1.165, 1.54) is 30.5 Å². The summed E-state index contributed by atoms with van der Waals surface area (Å²) in [6.07, 6.45) is 1.36. The Morgan fingerprint density at radius 2 is 1.97 bits per heavy atom. The zero-order chi connectivity index (χ0) is 21.3. The van der Waals surface area contributed by atoms with Crippen molar-refractivity contribution in [2.24, 2.45) is 5.10 Å². The highest BCUT2D eigenvalue weighted by molar-refractivity contribution is 6.30. The van der Waals surface area contributed by atoms with E-state index in [0.717, 1.165) is 11.1 Å². The number of aryl methyl sites for hydroxylation is 1. The fourth-order valence-electron chi connectivity index (χ4n) is 2.89. The Labute approximate surface area is 174 Å². The van der Waals surface area contributed by atoms with E-state index in [9.17, 15) is 14.9 Å². The third-order valence-electron chi connectivity index (χ3n) is 4.38. The highest BCUT2D eigenvalue weighted by atomic mass is 35.5. The molecule has 0 saturated heterocycles. The molecule has 0 unspecified atom stereocenters. The molecular weight excluding hydrogens is 410 g/mol. The second kappa shape index (κ2) is 7.84. The molecule has 0 spiro atoms. The Kier molecular flexibility index (Phi) is 5.07. The fraction of sp³-hybridized carbons (Fsp3) is 0.0476. The van der Waals surface area contributed by atoms with Gasteiger partial charge in [-0.05, 0) is 48.9 Å². The minimum absolute atomic E-state index is 0.0164. The lowest BCUT2D eigenvalue weighted by atomic mass is 10.1. The van der Waals surface area contributed by atoms with Crippen molar-refractivity contribution in [2.75, 3.05) is 0 Å². The first-order valence-electron chi connectivity index (χ1n) is 8.78. The summed E-state index contributed by atoms with van der Waals surface area (Å²) in [6, 6.07) is 14.5. The van der Waals surface area contributed by atoms with Crippen molar-refractivity contribution in [1.29, 1.82) is 0 Å². The molecule has 0 aliphatic carbocycles. The molecule has 1 amide bonds. The molecular formula is C21H14ClN3O5. The van der Waals surface area contributed by atoms with Crippen molar-refractivity contribution in [2.45, 2.75) is 6.92 Å². The highest BCUT2D eigenvalue weighted by Crippen LogP contribution is 2.28. The van der Waals surface area contributed by atoms with E-state index in [-0.39, 0.29) is 11.4 Å². The maximum absolute atomic E-state index is 12.2. The fourth-order valence-corrected chi connectivity index (χ4v) is 3.06. The Morgan fingerprint density at radius 3 is 2.77 bits per heavy atom. The number of fused-ring (bicyclic) bond motifs is 1. The quantitative estimate of drug-likeness (QED) is 0.265. The average Bonchev–Trinajstić information content (AvgIpc) is 3.36. The van der Waals surface area contributed by atoms with E-state index in [0.29, 0.717) is 27.5 Å². The van der Waals surface area contributed by atoms with E-state index in [1.54, 1.807) is 18.2 Å². The number of furan rings is 2. The van der Waals surface area contributed by atoms with E-state index in [2.05, 4.69) is 10.5 Å². The number of benzene rings is 2. The van der Waals surface area contributed by atoms with Gasteiger partial charge in [0, 0.05) is 28.1 Å². The third kappa shape index (κ3) is 3.94. The molecule has 0 atom stereocenters. The number of hydrogen-bond donors (Lipinski definition) is 1. The molecule has 2 aromatic heterocycles. The van der Waals surface area contributed by atoms with Crippen LogP contribution in [-0.2, 0) is 0 Å². The van der Waals surface area contributed by atoms with Crippen LogP contribution in [0.3, 0.4) is 0 Å². The summed E-state index contributed by atoms with van der Waals surface area (Å²) < 4.78 is 11.1. The van der Waals surface area contributed by atoms with Crippen molar-refractivity contribution < 1.29 is 18.6 Å². The average molecular weight is 424 g/mol. The number of hydrazone groups is 1. The maximum Gasteiger partial charge on any atom is 0.307 e. The lowest BCUT2D eigenvalue weighted by Crippen LogP contribution is -2.16. The van der Waals surface area contributed by atoms with Crippen LogP contribution >= 0.6 is 11.6 Å². The van der Waals surface area contributed by atoms with Crippen molar-refractivity contribution in [1.82, 2.24) is 5.43 Å². The van der Waals surface area contributed by atoms with Gasteiger partial charge in [-0.3, -0.25) is 14.9 Å². The van der Waals surface area contributed by atoms with Crippen LogP contribution in [0.2, 0.25) is 5.02 Å². The topological polar surface area (TPSA) is 111 Å². The molecule has 4 rings (SSSR count). The van der Waals surface area contributed by atoms with Gasteiger partial charge in [-0.1, -0.05) is 17.7 Å². The lowest BCUT2D eigenvalue weighted by Gasteiger charge is -2.02. The number of non-ortho nitro benzene ring substituents is 1. The van der Waals surface area contributed by atoms with Crippen LogP contribution in [0.5, 0.6) is 0 Å².